The lowest BCUT2D eigenvalue weighted by atomic mass is 10.1. The molecule has 1 amide bonds. The average molecular weight is 300 g/mol. The zero-order valence-corrected chi connectivity index (χ0v) is 12.0. The van der Waals surface area contributed by atoms with Crippen LogP contribution in [0.15, 0.2) is 18.2 Å². The summed E-state index contributed by atoms with van der Waals surface area (Å²) in [5.74, 6) is 0.258. The third kappa shape index (κ3) is 3.68. The molecule has 1 aromatic carbocycles. The summed E-state index contributed by atoms with van der Waals surface area (Å²) in [5, 5.41) is 13.6. The maximum absolute atomic E-state index is 12.0. The van der Waals surface area contributed by atoms with Gasteiger partial charge in [-0.25, -0.2) is 0 Å². The SMILES string of the molecule is Cc1cc(C(=O)NC(CN)C2CC2)ccc1[N+](=O)[O-].Cl. The number of nitro benzene ring substituents is 1. The molecule has 3 N–H and O–H groups in total. The molecule has 110 valence electrons. The van der Waals surface area contributed by atoms with E-state index in [0.717, 1.165) is 12.8 Å². The molecule has 1 atom stereocenters. The molecule has 1 aliphatic rings. The molecule has 1 aliphatic carbocycles. The van der Waals surface area contributed by atoms with Crippen molar-refractivity contribution >= 4 is 24.0 Å². The summed E-state index contributed by atoms with van der Waals surface area (Å²) < 4.78 is 0. The van der Waals surface area contributed by atoms with E-state index in [1.165, 1.54) is 18.2 Å². The number of amides is 1. The Kier molecular flexibility index (Phi) is 5.47. The predicted octanol–water partition coefficient (Wildman–Crippen LogP) is 1.79. The Labute approximate surface area is 123 Å². The molecule has 0 spiro atoms. The van der Waals surface area contributed by atoms with Gasteiger partial charge < -0.3 is 11.1 Å². The molecule has 20 heavy (non-hydrogen) atoms. The molecule has 0 saturated heterocycles. The van der Waals surface area contributed by atoms with E-state index < -0.39 is 4.92 Å². The van der Waals surface area contributed by atoms with E-state index in [0.29, 0.717) is 23.6 Å². The highest BCUT2D eigenvalue weighted by atomic mass is 35.5. The van der Waals surface area contributed by atoms with Crippen LogP contribution in [0.2, 0.25) is 0 Å². The summed E-state index contributed by atoms with van der Waals surface area (Å²) in [6, 6.07) is 4.37. The van der Waals surface area contributed by atoms with Crippen LogP contribution in [-0.4, -0.2) is 23.4 Å². The maximum atomic E-state index is 12.0. The minimum Gasteiger partial charge on any atom is -0.348 e. The number of nitro groups is 1. The quantitative estimate of drug-likeness (QED) is 0.639. The molecule has 1 fully saturated rings. The van der Waals surface area contributed by atoms with Gasteiger partial charge in [0, 0.05) is 29.8 Å². The number of aryl methyl sites for hydroxylation is 1. The number of nitrogens with zero attached hydrogens (tertiary/aromatic N) is 1. The number of hydrogen-bond acceptors (Lipinski definition) is 4. The first kappa shape index (κ1) is 16.4. The Morgan fingerprint density at radius 3 is 2.65 bits per heavy atom. The number of carbonyl (C=O) groups excluding carboxylic acids is 1. The van der Waals surface area contributed by atoms with Crippen molar-refractivity contribution < 1.29 is 9.72 Å². The Balaban J connectivity index is 0.00000200. The second kappa shape index (κ2) is 6.67. The second-order valence-corrected chi connectivity index (χ2v) is 4.91. The smallest absolute Gasteiger partial charge is 0.272 e. The molecule has 0 bridgehead atoms. The van der Waals surface area contributed by atoms with Gasteiger partial charge in [0.1, 0.15) is 0 Å². The van der Waals surface area contributed by atoms with Crippen molar-refractivity contribution in [2.75, 3.05) is 6.54 Å². The molecule has 7 heteroatoms. The van der Waals surface area contributed by atoms with Crippen LogP contribution in [0.5, 0.6) is 0 Å². The molecule has 1 saturated carbocycles. The highest BCUT2D eigenvalue weighted by Gasteiger charge is 2.31. The lowest BCUT2D eigenvalue weighted by molar-refractivity contribution is -0.385. The Morgan fingerprint density at radius 2 is 2.20 bits per heavy atom. The third-order valence-electron chi connectivity index (χ3n) is 3.42. The standard InChI is InChI=1S/C13H17N3O3.ClH/c1-8-6-10(4-5-12(8)16(18)19)13(17)15-11(7-14)9-2-3-9;/h4-6,9,11H,2-3,7,14H2,1H3,(H,15,17);1H. The number of benzene rings is 1. The van der Waals surface area contributed by atoms with Crippen molar-refractivity contribution in [2.45, 2.75) is 25.8 Å². The summed E-state index contributed by atoms with van der Waals surface area (Å²) in [6.45, 7) is 2.04. The molecule has 0 radical (unpaired) electrons. The first-order chi connectivity index (χ1) is 9.02. The largest absolute Gasteiger partial charge is 0.348 e. The van der Waals surface area contributed by atoms with E-state index in [9.17, 15) is 14.9 Å². The molecule has 1 unspecified atom stereocenters. The fourth-order valence-corrected chi connectivity index (χ4v) is 2.12. The number of halogens is 1. The van der Waals surface area contributed by atoms with E-state index in [4.69, 9.17) is 5.73 Å². The lowest BCUT2D eigenvalue weighted by Gasteiger charge is -2.16. The van der Waals surface area contributed by atoms with Crippen LogP contribution >= 0.6 is 12.4 Å². The van der Waals surface area contributed by atoms with Gasteiger partial charge in [-0.15, -0.1) is 12.4 Å². The van der Waals surface area contributed by atoms with Gasteiger partial charge in [-0.1, -0.05) is 0 Å². The first-order valence-electron chi connectivity index (χ1n) is 6.29. The lowest BCUT2D eigenvalue weighted by Crippen LogP contribution is -2.41. The predicted molar refractivity (Wildman–Crippen MR) is 78.1 cm³/mol. The van der Waals surface area contributed by atoms with E-state index in [1.807, 2.05) is 0 Å². The number of carbonyl (C=O) groups is 1. The fourth-order valence-electron chi connectivity index (χ4n) is 2.12. The van der Waals surface area contributed by atoms with Gasteiger partial charge in [-0.05, 0) is 37.8 Å². The fraction of sp³-hybridized carbons (Fsp3) is 0.462. The van der Waals surface area contributed by atoms with Crippen LogP contribution in [0, 0.1) is 23.0 Å². The normalized spacial score (nSPS) is 15.1. The Hall–Kier alpha value is -1.66. The zero-order chi connectivity index (χ0) is 14.0. The van der Waals surface area contributed by atoms with Crippen LogP contribution in [0.1, 0.15) is 28.8 Å². The van der Waals surface area contributed by atoms with Crippen molar-refractivity contribution in [3.05, 3.63) is 39.4 Å². The molecule has 0 aromatic heterocycles. The van der Waals surface area contributed by atoms with E-state index in [2.05, 4.69) is 5.32 Å². The highest BCUT2D eigenvalue weighted by molar-refractivity contribution is 5.95. The van der Waals surface area contributed by atoms with Crippen molar-refractivity contribution in [1.29, 1.82) is 0 Å². The van der Waals surface area contributed by atoms with Crippen LogP contribution in [-0.2, 0) is 0 Å². The Bertz CT molecular complexity index is 518. The van der Waals surface area contributed by atoms with Crippen LogP contribution in [0.4, 0.5) is 5.69 Å². The topological polar surface area (TPSA) is 98.3 Å². The molecule has 6 nitrogen and oxygen atoms in total. The maximum Gasteiger partial charge on any atom is 0.272 e. The van der Waals surface area contributed by atoms with Crippen LogP contribution in [0.25, 0.3) is 0 Å². The van der Waals surface area contributed by atoms with Crippen LogP contribution in [0.3, 0.4) is 0 Å². The first-order valence-corrected chi connectivity index (χ1v) is 6.29. The van der Waals surface area contributed by atoms with Gasteiger partial charge in [0.15, 0.2) is 0 Å². The van der Waals surface area contributed by atoms with Crippen molar-refractivity contribution in [2.24, 2.45) is 11.7 Å². The van der Waals surface area contributed by atoms with Gasteiger partial charge in [0.25, 0.3) is 11.6 Å². The number of nitrogens with two attached hydrogens (primary N) is 1. The summed E-state index contributed by atoms with van der Waals surface area (Å²) in [7, 11) is 0. The van der Waals surface area contributed by atoms with Gasteiger partial charge in [-0.3, -0.25) is 14.9 Å². The molecule has 1 aromatic rings. The van der Waals surface area contributed by atoms with Crippen molar-refractivity contribution in [1.82, 2.24) is 5.32 Å². The third-order valence-corrected chi connectivity index (χ3v) is 3.42. The number of rotatable bonds is 5. The number of nitrogens with one attached hydrogen (secondary N) is 1. The Morgan fingerprint density at radius 1 is 1.55 bits per heavy atom. The van der Waals surface area contributed by atoms with Gasteiger partial charge in [-0.2, -0.15) is 0 Å². The van der Waals surface area contributed by atoms with Gasteiger partial charge in [0.2, 0.25) is 0 Å². The molecule has 0 aliphatic heterocycles. The van der Waals surface area contributed by atoms with E-state index >= 15 is 0 Å². The molecule has 0 heterocycles. The highest BCUT2D eigenvalue weighted by Crippen LogP contribution is 2.32. The van der Waals surface area contributed by atoms with Crippen molar-refractivity contribution in [3.8, 4) is 0 Å². The van der Waals surface area contributed by atoms with Gasteiger partial charge in [0.05, 0.1) is 4.92 Å². The molecular weight excluding hydrogens is 282 g/mol. The monoisotopic (exact) mass is 299 g/mol. The van der Waals surface area contributed by atoms with E-state index in [1.54, 1.807) is 6.92 Å². The van der Waals surface area contributed by atoms with E-state index in [-0.39, 0.29) is 30.0 Å². The summed E-state index contributed by atoms with van der Waals surface area (Å²) >= 11 is 0. The van der Waals surface area contributed by atoms with Crippen molar-refractivity contribution in [3.63, 3.8) is 0 Å². The molecular formula is C13H18ClN3O3. The summed E-state index contributed by atoms with van der Waals surface area (Å²) in [6.07, 6.45) is 2.20. The summed E-state index contributed by atoms with van der Waals surface area (Å²) in [5.41, 5.74) is 6.56. The van der Waals surface area contributed by atoms with Gasteiger partial charge >= 0.3 is 0 Å². The second-order valence-electron chi connectivity index (χ2n) is 4.91. The van der Waals surface area contributed by atoms with Crippen LogP contribution < -0.4 is 11.1 Å². The number of hydrogen-bond donors (Lipinski definition) is 2. The minimum absolute atomic E-state index is 0. The zero-order valence-electron chi connectivity index (χ0n) is 11.2. The average Bonchev–Trinajstić information content (AvgIpc) is 3.19. The summed E-state index contributed by atoms with van der Waals surface area (Å²) in [4.78, 5) is 22.3. The minimum atomic E-state index is -0.454. The molecule has 2 rings (SSSR count).